The van der Waals surface area contributed by atoms with Gasteiger partial charge in [-0.05, 0) is 30.3 Å². The molecule has 158 valence electrons. The molecule has 4 rings (SSSR count). The van der Waals surface area contributed by atoms with Gasteiger partial charge < -0.3 is 9.88 Å². The molecule has 2 heterocycles. The molecule has 0 aliphatic rings. The Morgan fingerprint density at radius 1 is 1.10 bits per heavy atom. The first-order valence-electron chi connectivity index (χ1n) is 9.28. The summed E-state index contributed by atoms with van der Waals surface area (Å²) in [6.07, 6.45) is 1.38. The summed E-state index contributed by atoms with van der Waals surface area (Å²) in [5.41, 5.74) is -0.00929. The van der Waals surface area contributed by atoms with Gasteiger partial charge in [-0.25, -0.2) is 9.78 Å². The summed E-state index contributed by atoms with van der Waals surface area (Å²) in [5, 5.41) is 3.35. The number of benzene rings is 2. The van der Waals surface area contributed by atoms with Crippen LogP contribution in [0.4, 0.5) is 5.69 Å². The monoisotopic (exact) mass is 455 g/mol. The summed E-state index contributed by atoms with van der Waals surface area (Å²) in [5.74, 6) is -0.354. The van der Waals surface area contributed by atoms with Crippen molar-refractivity contribution in [2.75, 3.05) is 5.32 Å². The van der Waals surface area contributed by atoms with Crippen molar-refractivity contribution >= 4 is 46.1 Å². The quantitative estimate of drug-likeness (QED) is 0.499. The molecule has 1 amide bonds. The maximum Gasteiger partial charge on any atom is 0.332 e. The Morgan fingerprint density at radius 3 is 2.58 bits per heavy atom. The van der Waals surface area contributed by atoms with Crippen molar-refractivity contribution in [3.05, 3.63) is 80.7 Å². The van der Waals surface area contributed by atoms with Crippen LogP contribution in [0.3, 0.4) is 0 Å². The fraction of sp³-hybridized carbons (Fsp3) is 0.143. The van der Waals surface area contributed by atoms with Gasteiger partial charge in [0.25, 0.3) is 5.56 Å². The molecule has 10 heteroatoms. The second-order valence-corrected chi connectivity index (χ2v) is 8.41. The van der Waals surface area contributed by atoms with Crippen LogP contribution in [0, 0.1) is 0 Å². The molecular formula is C21H18ClN5O3S. The van der Waals surface area contributed by atoms with Crippen LogP contribution in [-0.2, 0) is 25.4 Å². The molecule has 0 bridgehead atoms. The lowest BCUT2D eigenvalue weighted by atomic mass is 10.3. The number of fused-ring (bicyclic) bond motifs is 1. The smallest absolute Gasteiger partial charge is 0.323 e. The topological polar surface area (TPSA) is 90.9 Å². The predicted octanol–water partition coefficient (Wildman–Crippen LogP) is 2.88. The Balaban J connectivity index is 1.62. The van der Waals surface area contributed by atoms with E-state index in [-0.39, 0.29) is 23.6 Å². The number of hydrogen-bond acceptors (Lipinski definition) is 5. The van der Waals surface area contributed by atoms with E-state index in [1.54, 1.807) is 12.1 Å². The van der Waals surface area contributed by atoms with Gasteiger partial charge in [-0.1, -0.05) is 41.6 Å². The molecule has 0 aliphatic heterocycles. The van der Waals surface area contributed by atoms with Crippen LogP contribution in [0.2, 0.25) is 5.02 Å². The van der Waals surface area contributed by atoms with Crippen molar-refractivity contribution < 1.29 is 4.79 Å². The highest BCUT2D eigenvalue weighted by molar-refractivity contribution is 7.99. The van der Waals surface area contributed by atoms with Crippen molar-refractivity contribution in [3.63, 3.8) is 0 Å². The Labute approximate surface area is 186 Å². The molecule has 2 aromatic carbocycles. The van der Waals surface area contributed by atoms with Crippen molar-refractivity contribution in [2.24, 2.45) is 14.1 Å². The Bertz CT molecular complexity index is 1410. The van der Waals surface area contributed by atoms with E-state index in [2.05, 4.69) is 10.3 Å². The molecule has 0 fully saturated rings. The second-order valence-electron chi connectivity index (χ2n) is 6.85. The molecular weight excluding hydrogens is 438 g/mol. The molecule has 0 saturated carbocycles. The van der Waals surface area contributed by atoms with Crippen molar-refractivity contribution in [2.45, 2.75) is 16.3 Å². The number of nitrogens with zero attached hydrogens (tertiary/aromatic N) is 4. The molecule has 0 spiro atoms. The summed E-state index contributed by atoms with van der Waals surface area (Å²) >= 11 is 7.64. The highest BCUT2D eigenvalue weighted by Gasteiger charge is 2.17. The zero-order chi connectivity index (χ0) is 22.1. The standard InChI is InChI=1S/C21H18ClN5O3S/c1-25-19-18(20(29)26(2)21(25)30)27(12-23-19)11-17(28)24-15-10-13(22)8-9-16(15)31-14-6-4-3-5-7-14/h3-10,12H,11H2,1-2H3,(H,24,28). The van der Waals surface area contributed by atoms with Gasteiger partial charge in [0.2, 0.25) is 5.91 Å². The number of imidazole rings is 1. The predicted molar refractivity (Wildman–Crippen MR) is 121 cm³/mol. The lowest BCUT2D eigenvalue weighted by molar-refractivity contribution is -0.116. The summed E-state index contributed by atoms with van der Waals surface area (Å²) < 4.78 is 3.70. The van der Waals surface area contributed by atoms with Crippen LogP contribution in [0.1, 0.15) is 0 Å². The van der Waals surface area contributed by atoms with Crippen molar-refractivity contribution in [3.8, 4) is 0 Å². The second kappa shape index (κ2) is 8.44. The van der Waals surface area contributed by atoms with E-state index in [4.69, 9.17) is 11.6 Å². The van der Waals surface area contributed by atoms with Gasteiger partial charge >= 0.3 is 5.69 Å². The van der Waals surface area contributed by atoms with Gasteiger partial charge in [0, 0.05) is 28.9 Å². The number of anilines is 1. The number of halogens is 1. The molecule has 8 nitrogen and oxygen atoms in total. The first-order valence-corrected chi connectivity index (χ1v) is 10.5. The summed E-state index contributed by atoms with van der Waals surface area (Å²) in [6.45, 7) is -0.147. The first kappa shape index (κ1) is 21.0. The van der Waals surface area contributed by atoms with Gasteiger partial charge in [0.05, 0.1) is 12.0 Å². The maximum atomic E-state index is 12.8. The van der Waals surface area contributed by atoms with Crippen LogP contribution in [0.5, 0.6) is 0 Å². The Morgan fingerprint density at radius 2 is 1.84 bits per heavy atom. The van der Waals surface area contributed by atoms with Crippen LogP contribution < -0.4 is 16.6 Å². The zero-order valence-electron chi connectivity index (χ0n) is 16.7. The lowest BCUT2D eigenvalue weighted by Gasteiger charge is -2.12. The van der Waals surface area contributed by atoms with Crippen LogP contribution in [0.15, 0.2) is 74.2 Å². The fourth-order valence-corrected chi connectivity index (χ4v) is 4.24. The molecule has 0 unspecified atom stereocenters. The number of aryl methyl sites for hydroxylation is 1. The van der Waals surface area contributed by atoms with Gasteiger partial charge in [0.15, 0.2) is 11.2 Å². The number of carbonyl (C=O) groups is 1. The average Bonchev–Trinajstić information content (AvgIpc) is 3.17. The van der Waals surface area contributed by atoms with E-state index in [0.717, 1.165) is 14.4 Å². The Kier molecular flexibility index (Phi) is 5.71. The normalized spacial score (nSPS) is 11.1. The van der Waals surface area contributed by atoms with E-state index >= 15 is 0 Å². The minimum atomic E-state index is -0.508. The highest BCUT2D eigenvalue weighted by atomic mass is 35.5. The molecule has 4 aromatic rings. The summed E-state index contributed by atoms with van der Waals surface area (Å²) in [4.78, 5) is 43.4. The van der Waals surface area contributed by atoms with Crippen LogP contribution in [-0.4, -0.2) is 24.6 Å². The minimum absolute atomic E-state index is 0.147. The van der Waals surface area contributed by atoms with E-state index in [0.29, 0.717) is 10.7 Å². The number of aromatic nitrogens is 4. The number of carbonyl (C=O) groups excluding carboxylic acids is 1. The maximum absolute atomic E-state index is 12.8. The third-order valence-electron chi connectivity index (χ3n) is 4.72. The van der Waals surface area contributed by atoms with Crippen LogP contribution >= 0.6 is 23.4 Å². The van der Waals surface area contributed by atoms with E-state index in [9.17, 15) is 14.4 Å². The molecule has 31 heavy (non-hydrogen) atoms. The summed E-state index contributed by atoms with van der Waals surface area (Å²) in [7, 11) is 2.92. The molecule has 0 aliphatic carbocycles. The number of nitrogens with one attached hydrogen (secondary N) is 1. The molecule has 0 atom stereocenters. The zero-order valence-corrected chi connectivity index (χ0v) is 18.3. The fourth-order valence-electron chi connectivity index (χ4n) is 3.17. The largest absolute Gasteiger partial charge is 0.332 e. The Hall–Kier alpha value is -3.30. The van der Waals surface area contributed by atoms with Crippen molar-refractivity contribution in [1.82, 2.24) is 18.7 Å². The van der Waals surface area contributed by atoms with Gasteiger partial charge in [-0.15, -0.1) is 0 Å². The van der Waals surface area contributed by atoms with E-state index in [1.807, 2.05) is 36.4 Å². The molecule has 0 radical (unpaired) electrons. The molecule has 1 N–H and O–H groups in total. The van der Waals surface area contributed by atoms with E-state index < -0.39 is 11.2 Å². The van der Waals surface area contributed by atoms with Gasteiger partial charge in [-0.2, -0.15) is 0 Å². The number of rotatable bonds is 5. The van der Waals surface area contributed by atoms with Crippen LogP contribution in [0.25, 0.3) is 11.2 Å². The van der Waals surface area contributed by atoms with Crippen molar-refractivity contribution in [1.29, 1.82) is 0 Å². The number of amides is 1. The first-order chi connectivity index (χ1) is 14.8. The number of hydrogen-bond donors (Lipinski definition) is 1. The van der Waals surface area contributed by atoms with E-state index in [1.165, 1.54) is 41.3 Å². The lowest BCUT2D eigenvalue weighted by Crippen LogP contribution is -2.37. The molecule has 0 saturated heterocycles. The average molecular weight is 456 g/mol. The third-order valence-corrected chi connectivity index (χ3v) is 6.04. The molecule has 2 aromatic heterocycles. The minimum Gasteiger partial charge on any atom is -0.323 e. The van der Waals surface area contributed by atoms with Gasteiger partial charge in [-0.3, -0.25) is 18.7 Å². The highest BCUT2D eigenvalue weighted by Crippen LogP contribution is 2.35. The SMILES string of the molecule is Cn1c(=O)c2c(ncn2CC(=O)Nc2cc(Cl)ccc2Sc2ccccc2)n(C)c1=O. The summed E-state index contributed by atoms with van der Waals surface area (Å²) in [6, 6.07) is 15.0. The van der Waals surface area contributed by atoms with Gasteiger partial charge in [0.1, 0.15) is 6.54 Å². The third kappa shape index (κ3) is 4.14.